The van der Waals surface area contributed by atoms with Crippen molar-refractivity contribution in [3.05, 3.63) is 11.5 Å². The second-order valence-corrected chi connectivity index (χ2v) is 3.64. The van der Waals surface area contributed by atoms with Gasteiger partial charge in [-0.15, -0.1) is 11.8 Å². The minimum atomic E-state index is -0.160. The lowest BCUT2D eigenvalue weighted by Crippen LogP contribution is -2.47. The molecule has 2 unspecified atom stereocenters. The summed E-state index contributed by atoms with van der Waals surface area (Å²) in [5.41, 5.74) is 0. The maximum absolute atomic E-state index is 11.1. The van der Waals surface area contributed by atoms with Gasteiger partial charge in [0, 0.05) is 0 Å². The van der Waals surface area contributed by atoms with E-state index in [9.17, 15) is 4.79 Å². The summed E-state index contributed by atoms with van der Waals surface area (Å²) in [6.45, 7) is 0. The van der Waals surface area contributed by atoms with E-state index in [1.807, 2.05) is 11.5 Å². The Kier molecular flexibility index (Phi) is 1.61. The lowest BCUT2D eigenvalue weighted by Gasteiger charge is -2.21. The van der Waals surface area contributed by atoms with Gasteiger partial charge in [0.15, 0.2) is 0 Å². The lowest BCUT2D eigenvalue weighted by atomic mass is 10.1. The molecule has 2 atom stereocenters. The van der Waals surface area contributed by atoms with E-state index < -0.39 is 0 Å². The zero-order valence-corrected chi connectivity index (χ0v) is 7.06. The van der Waals surface area contributed by atoms with Crippen LogP contribution in [-0.4, -0.2) is 16.4 Å². The molecule has 11 heavy (non-hydrogen) atoms. The topological polar surface area (TPSA) is 45.3 Å². The SMILES string of the molecule is O=C1[N]C(=S)[N]C2SC=CC12. The van der Waals surface area contributed by atoms with E-state index in [0.717, 1.165) is 0 Å². The first-order chi connectivity index (χ1) is 5.27. The first-order valence-corrected chi connectivity index (χ1v) is 4.45. The summed E-state index contributed by atoms with van der Waals surface area (Å²) >= 11 is 6.23. The Morgan fingerprint density at radius 1 is 1.64 bits per heavy atom. The predicted molar refractivity (Wildman–Crippen MR) is 45.9 cm³/mol. The summed E-state index contributed by atoms with van der Waals surface area (Å²) in [7, 11) is 0. The van der Waals surface area contributed by atoms with E-state index in [0.29, 0.717) is 0 Å². The average molecular weight is 184 g/mol. The molecule has 1 saturated heterocycles. The standard InChI is InChI=1S/C6H4N2OS2/c9-4-3-1-2-11-5(3)8-6(10)7-4/h1-3,5H. The number of rotatable bonds is 0. The van der Waals surface area contributed by atoms with Gasteiger partial charge >= 0.3 is 0 Å². The molecule has 0 aromatic rings. The number of nitrogens with zero attached hydrogens (tertiary/aromatic N) is 2. The molecular formula is C6H4N2OS2. The highest BCUT2D eigenvalue weighted by molar-refractivity contribution is 8.03. The third kappa shape index (κ3) is 1.14. The van der Waals surface area contributed by atoms with Crippen molar-refractivity contribution in [2.24, 2.45) is 5.92 Å². The molecule has 56 valence electrons. The maximum atomic E-state index is 11.1. The minimum Gasteiger partial charge on any atom is -0.272 e. The smallest absolute Gasteiger partial charge is 0.258 e. The van der Waals surface area contributed by atoms with Gasteiger partial charge in [0.05, 0.1) is 5.92 Å². The molecule has 1 fully saturated rings. The quantitative estimate of drug-likeness (QED) is 0.506. The van der Waals surface area contributed by atoms with Crippen LogP contribution in [0.15, 0.2) is 11.5 Å². The maximum Gasteiger partial charge on any atom is 0.258 e. The highest BCUT2D eigenvalue weighted by Gasteiger charge is 2.37. The van der Waals surface area contributed by atoms with Crippen molar-refractivity contribution in [2.45, 2.75) is 5.37 Å². The third-order valence-electron chi connectivity index (χ3n) is 1.54. The van der Waals surface area contributed by atoms with Gasteiger partial charge in [-0.2, -0.15) is 5.32 Å². The number of amides is 1. The Balaban J connectivity index is 2.21. The van der Waals surface area contributed by atoms with Gasteiger partial charge in [-0.3, -0.25) is 4.79 Å². The van der Waals surface area contributed by atoms with Gasteiger partial charge in [0.25, 0.3) is 5.91 Å². The fourth-order valence-corrected chi connectivity index (χ4v) is 2.24. The van der Waals surface area contributed by atoms with Crippen molar-refractivity contribution in [2.75, 3.05) is 0 Å². The fourth-order valence-electron chi connectivity index (χ4n) is 1.01. The molecular weight excluding hydrogens is 180 g/mol. The third-order valence-corrected chi connectivity index (χ3v) is 2.73. The van der Waals surface area contributed by atoms with Gasteiger partial charge in [-0.25, -0.2) is 5.32 Å². The average Bonchev–Trinajstić information content (AvgIpc) is 2.34. The lowest BCUT2D eigenvalue weighted by molar-refractivity contribution is -0.123. The molecule has 0 saturated carbocycles. The monoisotopic (exact) mass is 184 g/mol. The van der Waals surface area contributed by atoms with Crippen LogP contribution < -0.4 is 10.6 Å². The Morgan fingerprint density at radius 3 is 3.27 bits per heavy atom. The van der Waals surface area contributed by atoms with Crippen molar-refractivity contribution in [1.82, 2.24) is 10.6 Å². The van der Waals surface area contributed by atoms with Crippen LogP contribution in [0.4, 0.5) is 0 Å². The minimum absolute atomic E-state index is 0.0347. The summed E-state index contributed by atoms with van der Waals surface area (Å²) < 4.78 is 0. The van der Waals surface area contributed by atoms with Crippen LogP contribution in [0.1, 0.15) is 0 Å². The largest absolute Gasteiger partial charge is 0.272 e. The molecule has 0 bridgehead atoms. The fraction of sp³-hybridized carbons (Fsp3) is 0.333. The second kappa shape index (κ2) is 2.49. The molecule has 2 rings (SSSR count). The van der Waals surface area contributed by atoms with Crippen LogP contribution in [-0.2, 0) is 4.79 Å². The Hall–Kier alpha value is -0.550. The van der Waals surface area contributed by atoms with Crippen molar-refractivity contribution in [3.8, 4) is 0 Å². The Morgan fingerprint density at radius 2 is 2.45 bits per heavy atom. The van der Waals surface area contributed by atoms with Crippen LogP contribution in [0.2, 0.25) is 0 Å². The van der Waals surface area contributed by atoms with Crippen molar-refractivity contribution >= 4 is 35.0 Å². The molecule has 2 heterocycles. The number of hydrogen-bond acceptors (Lipinski definition) is 3. The van der Waals surface area contributed by atoms with E-state index in [4.69, 9.17) is 12.2 Å². The molecule has 0 N–H and O–H groups in total. The van der Waals surface area contributed by atoms with E-state index in [1.165, 1.54) is 11.8 Å². The van der Waals surface area contributed by atoms with Gasteiger partial charge < -0.3 is 0 Å². The van der Waals surface area contributed by atoms with Crippen LogP contribution in [0.25, 0.3) is 0 Å². The molecule has 0 aliphatic carbocycles. The molecule has 0 aromatic heterocycles. The highest BCUT2D eigenvalue weighted by atomic mass is 32.2. The van der Waals surface area contributed by atoms with E-state index in [2.05, 4.69) is 10.6 Å². The molecule has 2 radical (unpaired) electrons. The Labute approximate surface area is 73.6 Å². The van der Waals surface area contributed by atoms with Gasteiger partial charge in [0.2, 0.25) is 5.11 Å². The normalized spacial score (nSPS) is 34.5. The van der Waals surface area contributed by atoms with E-state index >= 15 is 0 Å². The number of thioether (sulfide) groups is 1. The number of carbonyl (C=O) groups excluding carboxylic acids is 1. The summed E-state index contributed by atoms with van der Waals surface area (Å²) in [6, 6.07) is 0. The van der Waals surface area contributed by atoms with Crippen LogP contribution in [0, 0.1) is 5.92 Å². The van der Waals surface area contributed by atoms with Crippen LogP contribution in [0.5, 0.6) is 0 Å². The number of thiocarbonyl (C=S) groups is 1. The Bertz CT molecular complexity index is 251. The van der Waals surface area contributed by atoms with Gasteiger partial charge in [-0.1, -0.05) is 6.08 Å². The number of fused-ring (bicyclic) bond motifs is 1. The molecule has 2 aliphatic heterocycles. The van der Waals surface area contributed by atoms with Crippen molar-refractivity contribution in [3.63, 3.8) is 0 Å². The van der Waals surface area contributed by atoms with Crippen LogP contribution >= 0.6 is 24.0 Å². The molecule has 1 amide bonds. The van der Waals surface area contributed by atoms with E-state index in [1.54, 1.807) is 0 Å². The zero-order valence-electron chi connectivity index (χ0n) is 5.43. The number of carbonyl (C=O) groups is 1. The number of hydrogen-bond donors (Lipinski definition) is 0. The molecule has 5 heteroatoms. The van der Waals surface area contributed by atoms with Crippen molar-refractivity contribution < 1.29 is 4.79 Å². The predicted octanol–water partition coefficient (Wildman–Crippen LogP) is 0.223. The second-order valence-electron chi connectivity index (χ2n) is 2.24. The summed E-state index contributed by atoms with van der Waals surface area (Å²) in [5, 5.41) is 9.65. The first kappa shape index (κ1) is 7.12. The zero-order chi connectivity index (χ0) is 7.84. The van der Waals surface area contributed by atoms with Crippen LogP contribution in [0.3, 0.4) is 0 Å². The summed E-state index contributed by atoms with van der Waals surface area (Å²) in [5.74, 6) is -0.317. The molecule has 0 aromatic carbocycles. The summed E-state index contributed by atoms with van der Waals surface area (Å²) in [6.07, 6.45) is 1.83. The molecule has 0 spiro atoms. The van der Waals surface area contributed by atoms with E-state index in [-0.39, 0.29) is 22.3 Å². The summed E-state index contributed by atoms with van der Waals surface area (Å²) in [4.78, 5) is 11.1. The van der Waals surface area contributed by atoms with Crippen molar-refractivity contribution in [1.29, 1.82) is 0 Å². The molecule has 3 nitrogen and oxygen atoms in total. The highest BCUT2D eigenvalue weighted by Crippen LogP contribution is 2.30. The molecule has 2 aliphatic rings. The first-order valence-electron chi connectivity index (χ1n) is 3.10. The van der Waals surface area contributed by atoms with Gasteiger partial charge in [-0.05, 0) is 17.6 Å². The van der Waals surface area contributed by atoms with Gasteiger partial charge in [0.1, 0.15) is 5.37 Å².